The van der Waals surface area contributed by atoms with Crippen LogP contribution in [0.5, 0.6) is 11.6 Å². The van der Waals surface area contributed by atoms with Crippen molar-refractivity contribution in [2.24, 2.45) is 0 Å². The molecule has 0 radical (unpaired) electrons. The second-order valence-corrected chi connectivity index (χ2v) is 9.66. The second kappa shape index (κ2) is 9.27. The SMILES string of the molecule is COc1ccc2ncnc(O[C@H]3CCN(C[C@@H]4CN(c5ccc6c(c5)NC=CS6)C(=O)O4)C3)c2c1. The first kappa shape index (κ1) is 22.0. The summed E-state index contributed by atoms with van der Waals surface area (Å²) in [7, 11) is 1.64. The van der Waals surface area contributed by atoms with E-state index < -0.39 is 0 Å². The molecule has 2 aromatic carbocycles. The van der Waals surface area contributed by atoms with Crippen molar-refractivity contribution in [2.45, 2.75) is 23.5 Å². The van der Waals surface area contributed by atoms with Crippen molar-refractivity contribution in [3.63, 3.8) is 0 Å². The zero-order valence-electron chi connectivity index (χ0n) is 19.2. The second-order valence-electron chi connectivity index (χ2n) is 8.71. The van der Waals surface area contributed by atoms with Gasteiger partial charge in [-0.3, -0.25) is 9.80 Å². The molecule has 10 heteroatoms. The minimum absolute atomic E-state index is 0.00443. The molecule has 2 fully saturated rings. The molecule has 0 unspecified atom stereocenters. The van der Waals surface area contributed by atoms with Gasteiger partial charge in [-0.25, -0.2) is 14.8 Å². The summed E-state index contributed by atoms with van der Waals surface area (Å²) in [5.74, 6) is 1.30. The Morgan fingerprint density at radius 3 is 3.06 bits per heavy atom. The zero-order chi connectivity index (χ0) is 23.8. The number of carbonyl (C=O) groups excluding carboxylic acids is 1. The molecule has 1 aromatic heterocycles. The number of methoxy groups -OCH3 is 1. The lowest BCUT2D eigenvalue weighted by atomic mass is 10.2. The summed E-state index contributed by atoms with van der Waals surface area (Å²) in [6.45, 7) is 2.81. The molecule has 0 aliphatic carbocycles. The van der Waals surface area contributed by atoms with Crippen molar-refractivity contribution in [3.05, 3.63) is 54.3 Å². The van der Waals surface area contributed by atoms with E-state index in [1.54, 1.807) is 23.8 Å². The monoisotopic (exact) mass is 491 g/mol. The minimum Gasteiger partial charge on any atom is -0.497 e. The Hall–Kier alpha value is -3.50. The van der Waals surface area contributed by atoms with Crippen LogP contribution in [0.2, 0.25) is 0 Å². The molecule has 9 nitrogen and oxygen atoms in total. The number of cyclic esters (lactones) is 1. The Balaban J connectivity index is 1.08. The number of benzene rings is 2. The Bertz CT molecular complexity index is 1300. The Labute approximate surface area is 207 Å². The van der Waals surface area contributed by atoms with E-state index in [1.807, 2.05) is 48.0 Å². The molecule has 4 heterocycles. The van der Waals surface area contributed by atoms with Gasteiger partial charge in [0, 0.05) is 36.4 Å². The number of ether oxygens (including phenoxy) is 3. The molecule has 180 valence electrons. The highest BCUT2D eigenvalue weighted by atomic mass is 32.2. The van der Waals surface area contributed by atoms with E-state index in [0.717, 1.165) is 52.4 Å². The molecule has 0 saturated carbocycles. The van der Waals surface area contributed by atoms with E-state index in [0.29, 0.717) is 19.0 Å². The van der Waals surface area contributed by atoms with Gasteiger partial charge in [-0.15, -0.1) is 0 Å². The van der Waals surface area contributed by atoms with E-state index in [-0.39, 0.29) is 18.3 Å². The maximum absolute atomic E-state index is 12.6. The van der Waals surface area contributed by atoms with E-state index in [4.69, 9.17) is 14.2 Å². The zero-order valence-corrected chi connectivity index (χ0v) is 20.0. The molecule has 0 bridgehead atoms. The number of likely N-dealkylation sites (tertiary alicyclic amines) is 1. The smallest absolute Gasteiger partial charge is 0.414 e. The van der Waals surface area contributed by atoms with Crippen molar-refractivity contribution in [1.82, 2.24) is 14.9 Å². The van der Waals surface area contributed by atoms with Crippen LogP contribution in [0.15, 0.2) is 59.2 Å². The summed E-state index contributed by atoms with van der Waals surface area (Å²) in [5, 5.41) is 6.07. The highest BCUT2D eigenvalue weighted by Crippen LogP contribution is 2.36. The van der Waals surface area contributed by atoms with E-state index >= 15 is 0 Å². The summed E-state index contributed by atoms with van der Waals surface area (Å²) in [4.78, 5) is 26.4. The standard InChI is InChI=1S/C25H25N5O4S/c1-32-17-3-4-21-20(11-17)24(28-15-27-21)33-18-6-8-29(12-18)13-19-14-30(25(31)34-19)16-2-5-23-22(10-16)26-7-9-35-23/h2-5,7,9-11,15,18-19,26H,6,8,12-14H2,1H3/t18-,19+/m0/s1. The van der Waals surface area contributed by atoms with Gasteiger partial charge >= 0.3 is 6.09 Å². The number of thioether (sulfide) groups is 1. The average Bonchev–Trinajstić information content (AvgIpc) is 3.49. The first-order chi connectivity index (χ1) is 17.2. The molecule has 6 rings (SSSR count). The van der Waals surface area contributed by atoms with Crippen molar-refractivity contribution in [3.8, 4) is 11.6 Å². The number of carbonyl (C=O) groups is 1. The lowest BCUT2D eigenvalue weighted by Crippen LogP contribution is -2.34. The van der Waals surface area contributed by atoms with Crippen LogP contribution in [0.4, 0.5) is 16.2 Å². The number of rotatable bonds is 6. The van der Waals surface area contributed by atoms with Gasteiger partial charge in [-0.05, 0) is 48.2 Å². The summed E-state index contributed by atoms with van der Waals surface area (Å²) in [6.07, 6.45) is 3.81. The number of nitrogens with one attached hydrogen (secondary N) is 1. The summed E-state index contributed by atoms with van der Waals surface area (Å²) in [5.41, 5.74) is 2.66. The highest BCUT2D eigenvalue weighted by molar-refractivity contribution is 8.02. The third-order valence-corrected chi connectivity index (χ3v) is 7.31. The Kier molecular flexibility index (Phi) is 5.83. The van der Waals surface area contributed by atoms with E-state index in [2.05, 4.69) is 20.2 Å². The molecule has 1 N–H and O–H groups in total. The van der Waals surface area contributed by atoms with Gasteiger partial charge in [0.2, 0.25) is 5.88 Å². The van der Waals surface area contributed by atoms with Gasteiger partial charge in [-0.2, -0.15) is 0 Å². The maximum Gasteiger partial charge on any atom is 0.414 e. The first-order valence-corrected chi connectivity index (χ1v) is 12.4. The van der Waals surface area contributed by atoms with Gasteiger partial charge in [0.05, 0.1) is 30.2 Å². The molecule has 0 spiro atoms. The molecule has 3 aliphatic rings. The fourth-order valence-electron chi connectivity index (χ4n) is 4.70. The van der Waals surface area contributed by atoms with Crippen LogP contribution < -0.4 is 19.7 Å². The van der Waals surface area contributed by atoms with Crippen molar-refractivity contribution in [2.75, 3.05) is 43.5 Å². The lowest BCUT2D eigenvalue weighted by molar-refractivity contribution is 0.111. The molecule has 35 heavy (non-hydrogen) atoms. The fraction of sp³-hybridized carbons (Fsp3) is 0.320. The first-order valence-electron chi connectivity index (χ1n) is 11.5. The van der Waals surface area contributed by atoms with Gasteiger partial charge in [0.15, 0.2) is 0 Å². The molecular formula is C25H25N5O4S. The van der Waals surface area contributed by atoms with Gasteiger partial charge in [0.25, 0.3) is 0 Å². The van der Waals surface area contributed by atoms with E-state index in [9.17, 15) is 4.79 Å². The largest absolute Gasteiger partial charge is 0.497 e. The van der Waals surface area contributed by atoms with Crippen LogP contribution >= 0.6 is 11.8 Å². The predicted molar refractivity (Wildman–Crippen MR) is 134 cm³/mol. The molecule has 2 saturated heterocycles. The number of aromatic nitrogens is 2. The Morgan fingerprint density at radius 1 is 1.20 bits per heavy atom. The van der Waals surface area contributed by atoms with Crippen LogP contribution in [0.25, 0.3) is 10.9 Å². The number of hydrogen-bond acceptors (Lipinski definition) is 9. The predicted octanol–water partition coefficient (Wildman–Crippen LogP) is 4.11. The van der Waals surface area contributed by atoms with Crippen LogP contribution in [0, 0.1) is 0 Å². The summed E-state index contributed by atoms with van der Waals surface area (Å²) < 4.78 is 17.3. The molecule has 2 atom stereocenters. The van der Waals surface area contributed by atoms with Gasteiger partial charge < -0.3 is 19.5 Å². The maximum atomic E-state index is 12.6. The van der Waals surface area contributed by atoms with Gasteiger partial charge in [-0.1, -0.05) is 11.8 Å². The number of hydrogen-bond donors (Lipinski definition) is 1. The molecule has 1 amide bonds. The Morgan fingerprint density at radius 2 is 2.14 bits per heavy atom. The lowest BCUT2D eigenvalue weighted by Gasteiger charge is -2.20. The third kappa shape index (κ3) is 4.46. The third-order valence-electron chi connectivity index (χ3n) is 6.43. The summed E-state index contributed by atoms with van der Waals surface area (Å²) >= 11 is 1.66. The van der Waals surface area contributed by atoms with Crippen LogP contribution in [-0.2, 0) is 4.74 Å². The van der Waals surface area contributed by atoms with Crippen molar-refractivity contribution in [1.29, 1.82) is 0 Å². The van der Waals surface area contributed by atoms with Gasteiger partial charge in [0.1, 0.15) is 24.3 Å². The quantitative estimate of drug-likeness (QED) is 0.547. The van der Waals surface area contributed by atoms with E-state index in [1.165, 1.54) is 6.33 Å². The fourth-order valence-corrected chi connectivity index (χ4v) is 5.37. The number of fused-ring (bicyclic) bond motifs is 2. The van der Waals surface area contributed by atoms with Crippen LogP contribution in [-0.4, -0.2) is 66.5 Å². The number of anilines is 2. The van der Waals surface area contributed by atoms with Crippen molar-refractivity contribution < 1.29 is 19.0 Å². The average molecular weight is 492 g/mol. The summed E-state index contributed by atoms with van der Waals surface area (Å²) in [6, 6.07) is 11.7. The number of amides is 1. The normalized spacial score (nSPS) is 21.6. The molecular weight excluding hydrogens is 466 g/mol. The molecule has 3 aromatic rings. The topological polar surface area (TPSA) is 89.1 Å². The minimum atomic E-state index is -0.303. The van der Waals surface area contributed by atoms with Crippen LogP contribution in [0.3, 0.4) is 0 Å². The van der Waals surface area contributed by atoms with Crippen LogP contribution in [0.1, 0.15) is 6.42 Å². The van der Waals surface area contributed by atoms with Crippen molar-refractivity contribution >= 4 is 40.1 Å². The number of nitrogens with zero attached hydrogens (tertiary/aromatic N) is 4. The molecule has 3 aliphatic heterocycles. The highest BCUT2D eigenvalue weighted by Gasteiger charge is 2.36.